The molecule has 0 aliphatic rings. The standard InChI is InChI=1S/C23H21F2N5O3S/c1-10-13(21-30-29-11(2)33-21)5-6-18(27-10)28-22-14(20(26)31)9-17(34-22)19-15(24)7-12(8-16(19)25)23(3,4)32/h5-9,32H,1-4H3,(H2,26,31)(H,27,28). The first-order valence-electron chi connectivity index (χ1n) is 10.1. The number of pyridine rings is 1. The fraction of sp³-hybridized carbons (Fsp3) is 0.217. The van der Waals surface area contributed by atoms with E-state index in [0.29, 0.717) is 28.9 Å². The van der Waals surface area contributed by atoms with Crippen LogP contribution < -0.4 is 11.1 Å². The number of aryl methyl sites for hydroxylation is 2. The maximum Gasteiger partial charge on any atom is 0.251 e. The van der Waals surface area contributed by atoms with E-state index in [-0.39, 0.29) is 26.6 Å². The molecule has 4 N–H and O–H groups in total. The number of aliphatic hydroxyl groups is 1. The molecule has 4 aromatic rings. The van der Waals surface area contributed by atoms with Gasteiger partial charge in [-0.2, -0.15) is 0 Å². The maximum atomic E-state index is 14.8. The van der Waals surface area contributed by atoms with E-state index < -0.39 is 23.1 Å². The Kier molecular flexibility index (Phi) is 5.92. The summed E-state index contributed by atoms with van der Waals surface area (Å²) in [4.78, 5) is 16.6. The summed E-state index contributed by atoms with van der Waals surface area (Å²) in [6.07, 6.45) is 0. The largest absolute Gasteiger partial charge is 0.421 e. The Morgan fingerprint density at radius 1 is 1.15 bits per heavy atom. The van der Waals surface area contributed by atoms with Crippen molar-refractivity contribution in [2.45, 2.75) is 33.3 Å². The van der Waals surface area contributed by atoms with Gasteiger partial charge in [0.25, 0.3) is 5.91 Å². The number of rotatable bonds is 6. The lowest BCUT2D eigenvalue weighted by atomic mass is 9.96. The van der Waals surface area contributed by atoms with Gasteiger partial charge in [0, 0.05) is 11.8 Å². The van der Waals surface area contributed by atoms with Crippen LogP contribution in [0, 0.1) is 25.5 Å². The number of anilines is 2. The van der Waals surface area contributed by atoms with Gasteiger partial charge < -0.3 is 20.6 Å². The third kappa shape index (κ3) is 4.52. The number of primary amides is 1. The molecule has 176 valence electrons. The first-order chi connectivity index (χ1) is 15.9. The molecular formula is C23H21F2N5O3S. The zero-order valence-electron chi connectivity index (χ0n) is 18.7. The predicted octanol–water partition coefficient (Wildman–Crippen LogP) is 4.83. The number of nitrogens with one attached hydrogen (secondary N) is 1. The van der Waals surface area contributed by atoms with Crippen LogP contribution in [0.25, 0.3) is 21.9 Å². The fourth-order valence-electron chi connectivity index (χ4n) is 3.33. The molecule has 0 bridgehead atoms. The molecule has 0 spiro atoms. The molecule has 1 amide bonds. The molecule has 4 rings (SSSR count). The summed E-state index contributed by atoms with van der Waals surface area (Å²) in [6.45, 7) is 6.29. The zero-order chi connectivity index (χ0) is 24.8. The molecule has 0 fully saturated rings. The summed E-state index contributed by atoms with van der Waals surface area (Å²) in [5, 5.41) is 21.1. The second-order valence-corrected chi connectivity index (χ2v) is 9.22. The fourth-order valence-corrected chi connectivity index (χ4v) is 4.45. The lowest BCUT2D eigenvalue weighted by Gasteiger charge is -2.18. The molecule has 11 heteroatoms. The summed E-state index contributed by atoms with van der Waals surface area (Å²) in [6, 6.07) is 6.83. The van der Waals surface area contributed by atoms with Crippen LogP contribution in [0.1, 0.15) is 41.4 Å². The Balaban J connectivity index is 1.71. The quantitative estimate of drug-likeness (QED) is 0.357. The number of nitrogens with zero attached hydrogens (tertiary/aromatic N) is 3. The molecule has 0 radical (unpaired) electrons. The summed E-state index contributed by atoms with van der Waals surface area (Å²) < 4.78 is 35.1. The van der Waals surface area contributed by atoms with E-state index in [0.717, 1.165) is 23.5 Å². The van der Waals surface area contributed by atoms with Crippen molar-refractivity contribution < 1.29 is 23.1 Å². The van der Waals surface area contributed by atoms with Crippen molar-refractivity contribution in [2.75, 3.05) is 5.32 Å². The Morgan fingerprint density at radius 2 is 1.82 bits per heavy atom. The molecule has 3 aromatic heterocycles. The Hall–Kier alpha value is -3.70. The predicted molar refractivity (Wildman–Crippen MR) is 124 cm³/mol. The van der Waals surface area contributed by atoms with Crippen LogP contribution in [0.15, 0.2) is 34.7 Å². The monoisotopic (exact) mass is 485 g/mol. The molecule has 3 heterocycles. The first-order valence-corrected chi connectivity index (χ1v) is 11.0. The van der Waals surface area contributed by atoms with Crippen molar-refractivity contribution in [1.82, 2.24) is 15.2 Å². The highest BCUT2D eigenvalue weighted by atomic mass is 32.1. The maximum absolute atomic E-state index is 14.8. The Labute approximate surface area is 197 Å². The second-order valence-electron chi connectivity index (χ2n) is 8.17. The molecule has 0 aliphatic heterocycles. The van der Waals surface area contributed by atoms with E-state index in [2.05, 4.69) is 20.5 Å². The normalized spacial score (nSPS) is 11.6. The number of carbonyl (C=O) groups is 1. The molecule has 0 saturated heterocycles. The van der Waals surface area contributed by atoms with Gasteiger partial charge in [0.15, 0.2) is 0 Å². The molecular weight excluding hydrogens is 464 g/mol. The molecule has 0 aliphatic carbocycles. The third-order valence-corrected chi connectivity index (χ3v) is 6.14. The van der Waals surface area contributed by atoms with E-state index in [4.69, 9.17) is 10.2 Å². The van der Waals surface area contributed by atoms with Crippen molar-refractivity contribution in [3.63, 3.8) is 0 Å². The van der Waals surface area contributed by atoms with Crippen molar-refractivity contribution in [2.24, 2.45) is 5.73 Å². The number of benzene rings is 1. The summed E-state index contributed by atoms with van der Waals surface area (Å²) in [7, 11) is 0. The van der Waals surface area contributed by atoms with Gasteiger partial charge in [0.2, 0.25) is 11.8 Å². The average Bonchev–Trinajstić information content (AvgIpc) is 3.33. The van der Waals surface area contributed by atoms with Gasteiger partial charge in [0.05, 0.1) is 28.0 Å². The second kappa shape index (κ2) is 8.58. The van der Waals surface area contributed by atoms with Crippen LogP contribution in [-0.2, 0) is 5.60 Å². The highest BCUT2D eigenvalue weighted by Gasteiger charge is 2.24. The van der Waals surface area contributed by atoms with Crippen LogP contribution in [0.5, 0.6) is 0 Å². The van der Waals surface area contributed by atoms with E-state index >= 15 is 0 Å². The van der Waals surface area contributed by atoms with Crippen LogP contribution in [0.2, 0.25) is 0 Å². The van der Waals surface area contributed by atoms with Crippen molar-refractivity contribution in [1.29, 1.82) is 0 Å². The number of halogens is 2. The highest BCUT2D eigenvalue weighted by molar-refractivity contribution is 7.20. The SMILES string of the molecule is Cc1nnc(-c2ccc(Nc3sc(-c4c(F)cc(C(C)(C)O)cc4F)cc3C(N)=O)nc2C)o1. The van der Waals surface area contributed by atoms with E-state index in [1.807, 2.05) is 0 Å². The summed E-state index contributed by atoms with van der Waals surface area (Å²) in [5.41, 5.74) is 5.15. The number of carbonyl (C=O) groups excluding carboxylic acids is 1. The van der Waals surface area contributed by atoms with Gasteiger partial charge in [-0.05, 0) is 56.7 Å². The van der Waals surface area contributed by atoms with Crippen LogP contribution in [0.4, 0.5) is 19.6 Å². The van der Waals surface area contributed by atoms with E-state index in [1.165, 1.54) is 19.9 Å². The zero-order valence-corrected chi connectivity index (χ0v) is 19.6. The first kappa shape index (κ1) is 23.5. The van der Waals surface area contributed by atoms with Gasteiger partial charge in [-0.3, -0.25) is 4.79 Å². The minimum absolute atomic E-state index is 0.0569. The summed E-state index contributed by atoms with van der Waals surface area (Å²) in [5.74, 6) is -1.38. The van der Waals surface area contributed by atoms with Gasteiger partial charge in [0.1, 0.15) is 22.5 Å². The van der Waals surface area contributed by atoms with Crippen molar-refractivity contribution in [3.8, 4) is 21.9 Å². The van der Waals surface area contributed by atoms with Gasteiger partial charge in [-0.15, -0.1) is 21.5 Å². The molecule has 0 atom stereocenters. The van der Waals surface area contributed by atoms with Gasteiger partial charge in [-0.1, -0.05) is 0 Å². The molecule has 0 unspecified atom stereocenters. The average molecular weight is 486 g/mol. The number of hydrogen-bond acceptors (Lipinski definition) is 8. The molecule has 0 saturated carbocycles. The van der Waals surface area contributed by atoms with Crippen LogP contribution in [-0.4, -0.2) is 26.2 Å². The molecule has 34 heavy (non-hydrogen) atoms. The molecule has 8 nitrogen and oxygen atoms in total. The lowest BCUT2D eigenvalue weighted by molar-refractivity contribution is 0.0778. The van der Waals surface area contributed by atoms with Crippen molar-refractivity contribution >= 4 is 28.1 Å². The van der Waals surface area contributed by atoms with Crippen molar-refractivity contribution in [3.05, 3.63) is 64.7 Å². The smallest absolute Gasteiger partial charge is 0.251 e. The number of hydrogen-bond donors (Lipinski definition) is 3. The number of aromatic nitrogens is 3. The third-order valence-electron chi connectivity index (χ3n) is 5.08. The van der Waals surface area contributed by atoms with E-state index in [1.54, 1.807) is 26.0 Å². The van der Waals surface area contributed by atoms with Crippen LogP contribution in [0.3, 0.4) is 0 Å². The minimum atomic E-state index is -1.42. The van der Waals surface area contributed by atoms with Gasteiger partial charge in [-0.25, -0.2) is 13.8 Å². The Morgan fingerprint density at radius 3 is 2.35 bits per heavy atom. The topological polar surface area (TPSA) is 127 Å². The van der Waals surface area contributed by atoms with Crippen LogP contribution >= 0.6 is 11.3 Å². The number of thiophene rings is 1. The van der Waals surface area contributed by atoms with E-state index in [9.17, 15) is 18.7 Å². The lowest BCUT2D eigenvalue weighted by Crippen LogP contribution is -2.16. The number of amides is 1. The molecule has 1 aromatic carbocycles. The minimum Gasteiger partial charge on any atom is -0.421 e. The Bertz CT molecular complexity index is 1390. The highest BCUT2D eigenvalue weighted by Crippen LogP contribution is 2.40. The number of nitrogens with two attached hydrogens (primary N) is 1. The van der Waals surface area contributed by atoms with Gasteiger partial charge >= 0.3 is 0 Å². The summed E-state index contributed by atoms with van der Waals surface area (Å²) >= 11 is 0.952.